The first-order chi connectivity index (χ1) is 14.8. The van der Waals surface area contributed by atoms with Crippen molar-refractivity contribution in [3.05, 3.63) is 84.3 Å². The van der Waals surface area contributed by atoms with E-state index < -0.39 is 23.5 Å². The number of hydrogen-bond donors (Lipinski definition) is 0. The van der Waals surface area contributed by atoms with Gasteiger partial charge in [0.15, 0.2) is 0 Å². The predicted molar refractivity (Wildman–Crippen MR) is 101 cm³/mol. The summed E-state index contributed by atoms with van der Waals surface area (Å²) < 4.78 is 67.7. The van der Waals surface area contributed by atoms with Gasteiger partial charge in [0.1, 0.15) is 11.4 Å². The van der Waals surface area contributed by atoms with Crippen LogP contribution in [0.1, 0.15) is 5.69 Å². The molecule has 0 unspecified atom stereocenters. The fourth-order valence-corrected chi connectivity index (χ4v) is 2.39. The second-order valence-corrected chi connectivity index (χ2v) is 5.95. The maximum absolute atomic E-state index is 13.2. The van der Waals surface area contributed by atoms with Crippen LogP contribution < -0.4 is 9.84 Å². The molecular formula is C21H13F5IrN4O-2. The Labute approximate surface area is 193 Å². The van der Waals surface area contributed by atoms with Crippen LogP contribution in [0.4, 0.5) is 22.0 Å². The molecule has 0 aliphatic heterocycles. The summed E-state index contributed by atoms with van der Waals surface area (Å²) in [4.78, 5) is 7.85. The summed E-state index contributed by atoms with van der Waals surface area (Å²) in [6, 6.07) is 13.5. The number of benzene rings is 1. The monoisotopic (exact) mass is 625 g/mol. The molecule has 32 heavy (non-hydrogen) atoms. The largest absolute Gasteiger partial charge is 0.573 e. The van der Waals surface area contributed by atoms with Crippen LogP contribution in [-0.4, -0.2) is 22.2 Å². The molecule has 4 aromatic rings. The molecular weight excluding hydrogens is 611 g/mol. The van der Waals surface area contributed by atoms with Crippen LogP contribution in [0.15, 0.2) is 60.9 Å². The van der Waals surface area contributed by atoms with E-state index in [1.807, 2.05) is 0 Å². The molecule has 5 nitrogen and oxygen atoms in total. The van der Waals surface area contributed by atoms with Gasteiger partial charge in [0.25, 0.3) is 0 Å². The van der Waals surface area contributed by atoms with Crippen molar-refractivity contribution in [2.45, 2.75) is 6.18 Å². The van der Waals surface area contributed by atoms with E-state index in [4.69, 9.17) is 4.74 Å². The Morgan fingerprint density at radius 2 is 1.72 bits per heavy atom. The molecule has 0 atom stereocenters. The molecule has 0 saturated carbocycles. The number of alkyl halides is 3. The number of hydrogen-bond acceptors (Lipinski definition) is 4. The van der Waals surface area contributed by atoms with Gasteiger partial charge in [-0.3, -0.25) is 13.8 Å². The van der Waals surface area contributed by atoms with Crippen molar-refractivity contribution in [2.75, 3.05) is 7.11 Å². The van der Waals surface area contributed by atoms with Gasteiger partial charge in [-0.15, -0.1) is 12.1 Å². The number of aromatic nitrogens is 4. The standard InChI is InChI=1S/C11H6F2N.C10H7F3N3O.Ir/c12-8-4-5-9(10(13)7-8)11-3-1-2-6-14-11;1-17-6-2-3-14-7(4-6)8-5-9(16-15-8)10(11,12)13;/h1-4,6-7H;2-5H,1H3;/q2*-1;. The molecule has 169 valence electrons. The zero-order valence-electron chi connectivity index (χ0n) is 16.2. The minimum absolute atomic E-state index is 0. The Hall–Kier alpha value is -3.17. The topological polar surface area (TPSA) is 62.0 Å². The molecule has 4 rings (SSSR count). The van der Waals surface area contributed by atoms with Gasteiger partial charge in [0.2, 0.25) is 0 Å². The van der Waals surface area contributed by atoms with E-state index >= 15 is 0 Å². The number of halogens is 5. The maximum Gasteiger partial charge on any atom is 0.431 e. The van der Waals surface area contributed by atoms with E-state index in [1.165, 1.54) is 19.4 Å². The zero-order valence-corrected chi connectivity index (χ0v) is 18.6. The van der Waals surface area contributed by atoms with Gasteiger partial charge >= 0.3 is 6.18 Å². The molecule has 3 heterocycles. The van der Waals surface area contributed by atoms with Gasteiger partial charge in [0, 0.05) is 50.2 Å². The molecule has 3 aromatic heterocycles. The summed E-state index contributed by atoms with van der Waals surface area (Å²) in [6.45, 7) is 0. The summed E-state index contributed by atoms with van der Waals surface area (Å²) in [7, 11) is 1.46. The van der Waals surface area contributed by atoms with Crippen molar-refractivity contribution >= 4 is 0 Å². The molecule has 0 N–H and O–H groups in total. The molecule has 1 aromatic carbocycles. The Bertz CT molecular complexity index is 1150. The number of methoxy groups -OCH3 is 1. The first-order valence-corrected chi connectivity index (χ1v) is 8.64. The van der Waals surface area contributed by atoms with Crippen LogP contribution in [0.2, 0.25) is 0 Å². The van der Waals surface area contributed by atoms with Gasteiger partial charge in [-0.25, -0.2) is 0 Å². The van der Waals surface area contributed by atoms with E-state index in [1.54, 1.807) is 30.5 Å². The van der Waals surface area contributed by atoms with E-state index in [0.29, 0.717) is 11.4 Å². The van der Waals surface area contributed by atoms with Crippen molar-refractivity contribution < 1.29 is 46.8 Å². The third kappa shape index (κ3) is 6.41. The third-order valence-corrected chi connectivity index (χ3v) is 3.84. The Kier molecular flexibility index (Phi) is 8.56. The smallest absolute Gasteiger partial charge is 0.431 e. The molecule has 0 bridgehead atoms. The average Bonchev–Trinajstić information content (AvgIpc) is 3.26. The number of pyridine rings is 2. The normalized spacial score (nSPS) is 10.6. The number of rotatable bonds is 3. The Balaban J connectivity index is 0.000000224. The second-order valence-electron chi connectivity index (χ2n) is 5.95. The second kappa shape index (κ2) is 10.9. The zero-order chi connectivity index (χ0) is 22.4. The minimum Gasteiger partial charge on any atom is -0.573 e. The van der Waals surface area contributed by atoms with Crippen molar-refractivity contribution in [1.29, 1.82) is 0 Å². The fraction of sp³-hybridized carbons (Fsp3) is 0.0952. The molecule has 0 aliphatic carbocycles. The first-order valence-electron chi connectivity index (χ1n) is 8.64. The van der Waals surface area contributed by atoms with E-state index in [0.717, 1.165) is 18.2 Å². The molecule has 0 fully saturated rings. The average molecular weight is 625 g/mol. The molecule has 1 radical (unpaired) electrons. The summed E-state index contributed by atoms with van der Waals surface area (Å²) in [6.07, 6.45) is -1.52. The fourth-order valence-electron chi connectivity index (χ4n) is 2.39. The van der Waals surface area contributed by atoms with Crippen LogP contribution in [0.3, 0.4) is 0 Å². The molecule has 0 saturated heterocycles. The molecule has 0 spiro atoms. The van der Waals surface area contributed by atoms with Gasteiger partial charge in [0.05, 0.1) is 12.8 Å². The minimum atomic E-state index is -4.50. The molecule has 11 heteroatoms. The van der Waals surface area contributed by atoms with Crippen LogP contribution >= 0.6 is 0 Å². The van der Waals surface area contributed by atoms with Crippen LogP contribution in [0.5, 0.6) is 5.75 Å². The van der Waals surface area contributed by atoms with Crippen LogP contribution in [-0.2, 0) is 26.3 Å². The third-order valence-electron chi connectivity index (χ3n) is 3.84. The van der Waals surface area contributed by atoms with Crippen LogP contribution in [0.25, 0.3) is 22.6 Å². The predicted octanol–water partition coefficient (Wildman–Crippen LogP) is 4.95. The van der Waals surface area contributed by atoms with Crippen molar-refractivity contribution in [2.24, 2.45) is 0 Å². The SMILES string of the molecule is COc1ccnc(-c2cc(C(F)(F)F)n[n-]2)c1.Fc1c[c-]c(-c2ccccn2)c(F)c1.[Ir]. The van der Waals surface area contributed by atoms with Gasteiger partial charge in [-0.05, 0) is 23.9 Å². The Morgan fingerprint density at radius 3 is 2.31 bits per heavy atom. The van der Waals surface area contributed by atoms with E-state index in [9.17, 15) is 22.0 Å². The summed E-state index contributed by atoms with van der Waals surface area (Å²) >= 11 is 0. The van der Waals surface area contributed by atoms with Crippen molar-refractivity contribution in [3.8, 4) is 28.4 Å². The summed E-state index contributed by atoms with van der Waals surface area (Å²) in [5.41, 5.74) is -0.0438. The molecule has 0 aliphatic rings. The van der Waals surface area contributed by atoms with E-state index in [-0.39, 0.29) is 37.1 Å². The van der Waals surface area contributed by atoms with Gasteiger partial charge in [-0.2, -0.15) is 13.2 Å². The quantitative estimate of drug-likeness (QED) is 0.239. The first kappa shape index (κ1) is 25.1. The van der Waals surface area contributed by atoms with E-state index in [2.05, 4.69) is 26.2 Å². The number of ether oxygens (including phenoxy) is 1. The Morgan fingerprint density at radius 1 is 0.969 bits per heavy atom. The maximum atomic E-state index is 13.2. The summed E-state index contributed by atoms with van der Waals surface area (Å²) in [5, 5.41) is 6.50. The van der Waals surface area contributed by atoms with Gasteiger partial charge in [-0.1, -0.05) is 29.5 Å². The van der Waals surface area contributed by atoms with Crippen molar-refractivity contribution in [3.63, 3.8) is 0 Å². The van der Waals surface area contributed by atoms with Crippen LogP contribution in [0, 0.1) is 17.7 Å². The summed E-state index contributed by atoms with van der Waals surface area (Å²) in [5.74, 6) is -0.794. The van der Waals surface area contributed by atoms with Gasteiger partial charge < -0.3 is 19.9 Å². The number of nitrogens with zero attached hydrogens (tertiary/aromatic N) is 4. The van der Waals surface area contributed by atoms with Crippen molar-refractivity contribution in [1.82, 2.24) is 20.2 Å². The molecule has 0 amide bonds.